The Balaban J connectivity index is 1.57. The molecule has 1 amide bonds. The second kappa shape index (κ2) is 8.46. The van der Waals surface area contributed by atoms with Gasteiger partial charge >= 0.3 is 0 Å². The summed E-state index contributed by atoms with van der Waals surface area (Å²) in [5.41, 5.74) is 0.293. The predicted molar refractivity (Wildman–Crippen MR) is 117 cm³/mol. The van der Waals surface area contributed by atoms with Crippen LogP contribution >= 0.6 is 34.5 Å². The van der Waals surface area contributed by atoms with Crippen molar-refractivity contribution in [2.24, 2.45) is 0 Å². The van der Waals surface area contributed by atoms with Crippen LogP contribution in [-0.2, 0) is 11.3 Å². The van der Waals surface area contributed by atoms with Crippen molar-refractivity contribution in [2.45, 2.75) is 6.54 Å². The van der Waals surface area contributed by atoms with E-state index in [2.05, 4.69) is 15.4 Å². The lowest BCUT2D eigenvalue weighted by Gasteiger charge is -2.11. The van der Waals surface area contributed by atoms with Gasteiger partial charge in [-0.1, -0.05) is 47.5 Å². The number of aromatic carboxylic acids is 1. The normalized spacial score (nSPS) is 10.9. The zero-order chi connectivity index (χ0) is 22.1. The minimum atomic E-state index is -1.54. The number of fused-ring (bicyclic) bond motifs is 1. The van der Waals surface area contributed by atoms with Gasteiger partial charge in [0.15, 0.2) is 5.13 Å². The monoisotopic (exact) mass is 473 g/mol. The molecular weight excluding hydrogens is 463 g/mol. The molecular formula is C20H11Cl2N4O4S-. The number of benzene rings is 2. The highest BCUT2D eigenvalue weighted by Gasteiger charge is 2.15. The number of nitrogens with zero attached hydrogens (tertiary/aromatic N) is 3. The molecule has 0 aliphatic rings. The van der Waals surface area contributed by atoms with Gasteiger partial charge in [-0.05, 0) is 18.2 Å². The number of carboxylic acids is 1. The van der Waals surface area contributed by atoms with E-state index < -0.39 is 29.7 Å². The molecule has 0 spiro atoms. The van der Waals surface area contributed by atoms with E-state index in [4.69, 9.17) is 23.2 Å². The van der Waals surface area contributed by atoms with Gasteiger partial charge in [-0.3, -0.25) is 9.59 Å². The fraction of sp³-hybridized carbons (Fsp3) is 0.0500. The Bertz CT molecular complexity index is 1400. The molecule has 31 heavy (non-hydrogen) atoms. The lowest BCUT2D eigenvalue weighted by molar-refractivity contribution is -0.255. The largest absolute Gasteiger partial charge is 0.543 e. The van der Waals surface area contributed by atoms with Crippen molar-refractivity contribution < 1.29 is 14.7 Å². The Kier molecular flexibility index (Phi) is 5.73. The van der Waals surface area contributed by atoms with E-state index in [1.807, 2.05) is 0 Å². The first-order chi connectivity index (χ1) is 14.8. The molecule has 0 saturated heterocycles. The summed E-state index contributed by atoms with van der Waals surface area (Å²) in [6.07, 6.45) is 0. The first-order valence-electron chi connectivity index (χ1n) is 8.75. The number of hydrogen-bond donors (Lipinski definition) is 1. The number of rotatable bonds is 5. The molecule has 0 bridgehead atoms. The summed E-state index contributed by atoms with van der Waals surface area (Å²) in [4.78, 5) is 40.8. The van der Waals surface area contributed by atoms with Crippen molar-refractivity contribution >= 4 is 62.3 Å². The maximum Gasteiger partial charge on any atom is 0.275 e. The summed E-state index contributed by atoms with van der Waals surface area (Å²) >= 11 is 13.1. The molecule has 4 aromatic rings. The van der Waals surface area contributed by atoms with E-state index in [1.165, 1.54) is 23.5 Å². The Morgan fingerprint density at radius 1 is 1.10 bits per heavy atom. The fourth-order valence-corrected chi connectivity index (χ4v) is 3.94. The number of anilines is 1. The van der Waals surface area contributed by atoms with Crippen molar-refractivity contribution in [3.05, 3.63) is 73.9 Å². The highest BCUT2D eigenvalue weighted by Crippen LogP contribution is 2.30. The summed E-state index contributed by atoms with van der Waals surface area (Å²) in [6, 6.07) is 11.1. The molecule has 2 aromatic heterocycles. The van der Waals surface area contributed by atoms with Gasteiger partial charge in [0, 0.05) is 16.3 Å². The molecule has 0 radical (unpaired) electrons. The average molecular weight is 474 g/mol. The number of carboxylic acid groups (broad SMARTS) is 1. The third-order valence-corrected chi connectivity index (χ3v) is 5.82. The molecule has 0 atom stereocenters. The summed E-state index contributed by atoms with van der Waals surface area (Å²) < 4.78 is 0.788. The van der Waals surface area contributed by atoms with Crippen molar-refractivity contribution in [1.29, 1.82) is 0 Å². The minimum absolute atomic E-state index is 0.126. The second-order valence-electron chi connectivity index (χ2n) is 6.36. The standard InChI is InChI=1S/C20H12Cl2N4O4S/c21-13-6-5-10(7-14(13)22)15-9-31-20(23-15)24-16(27)8-26-18(28)12-4-2-1-3-11(12)17(25-26)19(29)30/h1-7,9H,8H2,(H,29,30)(H,23,24,27)/p-1. The molecule has 0 unspecified atom stereocenters. The molecule has 11 heteroatoms. The zero-order valence-corrected chi connectivity index (χ0v) is 17.8. The molecule has 4 rings (SSSR count). The number of carbonyl (C=O) groups excluding carboxylic acids is 2. The van der Waals surface area contributed by atoms with Crippen LogP contribution in [0.3, 0.4) is 0 Å². The van der Waals surface area contributed by atoms with E-state index >= 15 is 0 Å². The maximum absolute atomic E-state index is 12.6. The van der Waals surface area contributed by atoms with Crippen LogP contribution in [-0.4, -0.2) is 26.6 Å². The van der Waals surface area contributed by atoms with Crippen molar-refractivity contribution in [2.75, 3.05) is 5.32 Å². The highest BCUT2D eigenvalue weighted by molar-refractivity contribution is 7.14. The number of hydrogen-bond acceptors (Lipinski definition) is 7. The number of amides is 1. The van der Waals surface area contributed by atoms with Crippen molar-refractivity contribution in [3.63, 3.8) is 0 Å². The molecule has 156 valence electrons. The third kappa shape index (κ3) is 4.29. The van der Waals surface area contributed by atoms with Gasteiger partial charge in [0.1, 0.15) is 12.2 Å². The summed E-state index contributed by atoms with van der Waals surface area (Å²) in [6.45, 7) is -0.494. The van der Waals surface area contributed by atoms with Crippen molar-refractivity contribution in [3.8, 4) is 11.3 Å². The van der Waals surface area contributed by atoms with Gasteiger partial charge in [0.2, 0.25) is 5.91 Å². The van der Waals surface area contributed by atoms with Gasteiger partial charge in [-0.25, -0.2) is 9.67 Å². The summed E-state index contributed by atoms with van der Waals surface area (Å²) in [5.74, 6) is -2.14. The van der Waals surface area contributed by atoms with Gasteiger partial charge < -0.3 is 15.2 Å². The summed E-state index contributed by atoms with van der Waals surface area (Å²) in [5, 5.41) is 20.9. The van der Waals surface area contributed by atoms with E-state index in [-0.39, 0.29) is 10.8 Å². The van der Waals surface area contributed by atoms with E-state index in [0.717, 1.165) is 10.2 Å². The number of aromatic nitrogens is 3. The first kappa shape index (κ1) is 21.0. The molecule has 0 saturated carbocycles. The number of halogens is 2. The molecule has 8 nitrogen and oxygen atoms in total. The zero-order valence-electron chi connectivity index (χ0n) is 15.5. The van der Waals surface area contributed by atoms with Crippen LogP contribution in [0.2, 0.25) is 10.0 Å². The number of thiazole rings is 1. The Hall–Kier alpha value is -3.27. The molecule has 0 aliphatic carbocycles. The van der Waals surface area contributed by atoms with Crippen molar-refractivity contribution in [1.82, 2.24) is 14.8 Å². The molecule has 0 fully saturated rings. The SMILES string of the molecule is O=C(Cn1nc(C(=O)[O-])c2ccccc2c1=O)Nc1nc(-c2ccc(Cl)c(Cl)c2)cs1. The van der Waals surface area contributed by atoms with Gasteiger partial charge in [-0.2, -0.15) is 5.10 Å². The van der Waals surface area contributed by atoms with Crippen LogP contribution in [0.5, 0.6) is 0 Å². The highest BCUT2D eigenvalue weighted by atomic mass is 35.5. The topological polar surface area (TPSA) is 117 Å². The predicted octanol–water partition coefficient (Wildman–Crippen LogP) is 2.83. The van der Waals surface area contributed by atoms with Crippen LogP contribution in [0, 0.1) is 0 Å². The van der Waals surface area contributed by atoms with E-state index in [9.17, 15) is 19.5 Å². The minimum Gasteiger partial charge on any atom is -0.543 e. The van der Waals surface area contributed by atoms with Gasteiger partial charge in [0.25, 0.3) is 5.56 Å². The Morgan fingerprint density at radius 3 is 2.55 bits per heavy atom. The van der Waals surface area contributed by atoms with Crippen LogP contribution in [0.25, 0.3) is 22.0 Å². The maximum atomic E-state index is 12.6. The molecule has 0 aliphatic heterocycles. The molecule has 1 N–H and O–H groups in total. The lowest BCUT2D eigenvalue weighted by atomic mass is 10.1. The quantitative estimate of drug-likeness (QED) is 0.476. The fourth-order valence-electron chi connectivity index (χ4n) is 2.91. The van der Waals surface area contributed by atoms with E-state index in [0.29, 0.717) is 20.9 Å². The first-order valence-corrected chi connectivity index (χ1v) is 10.4. The molecule has 2 heterocycles. The van der Waals surface area contributed by atoms with Gasteiger partial charge in [-0.15, -0.1) is 11.3 Å². The van der Waals surface area contributed by atoms with Crippen LogP contribution in [0.15, 0.2) is 52.6 Å². The number of carbonyl (C=O) groups is 2. The molecule has 2 aromatic carbocycles. The smallest absolute Gasteiger partial charge is 0.275 e. The van der Waals surface area contributed by atoms with E-state index in [1.54, 1.807) is 35.7 Å². The van der Waals surface area contributed by atoms with Crippen LogP contribution < -0.4 is 16.0 Å². The Labute approximate surface area is 188 Å². The number of nitrogens with one attached hydrogen (secondary N) is 1. The summed E-state index contributed by atoms with van der Waals surface area (Å²) in [7, 11) is 0. The van der Waals surface area contributed by atoms with Crippen LogP contribution in [0.4, 0.5) is 5.13 Å². The second-order valence-corrected chi connectivity index (χ2v) is 8.03. The van der Waals surface area contributed by atoms with Crippen LogP contribution in [0.1, 0.15) is 10.5 Å². The third-order valence-electron chi connectivity index (χ3n) is 4.32. The average Bonchev–Trinajstić information content (AvgIpc) is 3.20. The Morgan fingerprint density at radius 2 is 1.84 bits per heavy atom. The van der Waals surface area contributed by atoms with Gasteiger partial charge in [0.05, 0.1) is 27.1 Å². The lowest BCUT2D eigenvalue weighted by Crippen LogP contribution is -2.34.